The second kappa shape index (κ2) is 10.1. The number of fused-ring (bicyclic) bond motifs is 1. The van der Waals surface area contributed by atoms with Crippen molar-refractivity contribution in [1.29, 1.82) is 0 Å². The number of nitrogens with zero attached hydrogens (tertiary/aromatic N) is 3. The van der Waals surface area contributed by atoms with Gasteiger partial charge in [0, 0.05) is 29.2 Å². The molecule has 178 valence electrons. The summed E-state index contributed by atoms with van der Waals surface area (Å²) in [6, 6.07) is 12.2. The Bertz CT molecular complexity index is 1260. The van der Waals surface area contributed by atoms with Gasteiger partial charge in [0.25, 0.3) is 5.91 Å². The van der Waals surface area contributed by atoms with E-state index in [1.54, 1.807) is 22.4 Å². The van der Waals surface area contributed by atoms with Crippen molar-refractivity contribution in [2.24, 2.45) is 0 Å². The molecule has 4 rings (SSSR count). The average Bonchev–Trinajstić information content (AvgIpc) is 3.29. The van der Waals surface area contributed by atoms with Gasteiger partial charge in [-0.15, -0.1) is 0 Å². The van der Waals surface area contributed by atoms with Crippen LogP contribution in [0.15, 0.2) is 58.7 Å². The zero-order valence-electron chi connectivity index (χ0n) is 19.7. The van der Waals surface area contributed by atoms with Crippen LogP contribution in [0.4, 0.5) is 0 Å². The Kier molecular flexibility index (Phi) is 7.19. The lowest BCUT2D eigenvalue weighted by Gasteiger charge is -2.28. The molecule has 1 atom stereocenters. The minimum atomic E-state index is -0.731. The smallest absolute Gasteiger partial charge is 0.295 e. The number of pyridine rings is 1. The van der Waals surface area contributed by atoms with Gasteiger partial charge in [0.05, 0.1) is 37.1 Å². The number of benzene rings is 1. The van der Waals surface area contributed by atoms with Crippen molar-refractivity contribution in [2.45, 2.75) is 33.2 Å². The minimum absolute atomic E-state index is 0.00737. The van der Waals surface area contributed by atoms with E-state index < -0.39 is 23.5 Å². The molecule has 0 spiro atoms. The number of quaternary nitrogens is 1. The third-order valence-electron chi connectivity index (χ3n) is 6.54. The predicted molar refractivity (Wildman–Crippen MR) is 132 cm³/mol. The van der Waals surface area contributed by atoms with Gasteiger partial charge in [-0.2, -0.15) is 0 Å². The molecule has 0 bridgehead atoms. The van der Waals surface area contributed by atoms with Crippen LogP contribution in [0, 0.1) is 6.92 Å². The van der Waals surface area contributed by atoms with E-state index >= 15 is 0 Å². The van der Waals surface area contributed by atoms with Gasteiger partial charge in [0.15, 0.2) is 0 Å². The molecule has 0 radical (unpaired) electrons. The fourth-order valence-corrected chi connectivity index (χ4v) is 5.16. The van der Waals surface area contributed by atoms with Crippen LogP contribution < -0.4 is 10.0 Å². The quantitative estimate of drug-likeness (QED) is 0.277. The number of amides is 1. The topological polar surface area (TPSA) is 82.2 Å². The first kappa shape index (κ1) is 24.2. The van der Waals surface area contributed by atoms with Crippen molar-refractivity contribution in [1.82, 2.24) is 14.3 Å². The summed E-state index contributed by atoms with van der Waals surface area (Å²) in [4.78, 5) is 33.9. The van der Waals surface area contributed by atoms with Crippen LogP contribution in [0.5, 0.6) is 0 Å². The molecule has 2 aromatic heterocycles. The number of halogens is 1. The maximum absolute atomic E-state index is 13.9. The van der Waals surface area contributed by atoms with Gasteiger partial charge in [-0.25, -0.2) is 4.98 Å². The lowest BCUT2D eigenvalue weighted by atomic mass is 9.96. The van der Waals surface area contributed by atoms with E-state index in [-0.39, 0.29) is 5.57 Å². The summed E-state index contributed by atoms with van der Waals surface area (Å²) in [7, 11) is 0. The lowest BCUT2D eigenvalue weighted by molar-refractivity contribution is -0.896. The third kappa shape index (κ3) is 4.40. The van der Waals surface area contributed by atoms with Crippen LogP contribution in [0.3, 0.4) is 0 Å². The molecule has 34 heavy (non-hydrogen) atoms. The number of imidazole rings is 1. The second-order valence-electron chi connectivity index (χ2n) is 8.56. The number of ketones is 1. The number of carbonyl (C=O) groups excluding carboxylic acids is 2. The highest BCUT2D eigenvalue weighted by Crippen LogP contribution is 2.39. The predicted octanol–water partition coefficient (Wildman–Crippen LogP) is 1.94. The van der Waals surface area contributed by atoms with Gasteiger partial charge in [0.2, 0.25) is 5.78 Å². The van der Waals surface area contributed by atoms with Gasteiger partial charge in [-0.1, -0.05) is 39.9 Å². The van der Waals surface area contributed by atoms with E-state index in [0.29, 0.717) is 23.6 Å². The molecule has 1 N–H and O–H groups in total. The van der Waals surface area contributed by atoms with E-state index in [4.69, 9.17) is 0 Å². The lowest BCUT2D eigenvalue weighted by Crippen LogP contribution is -3.11. The average molecular weight is 525 g/mol. The van der Waals surface area contributed by atoms with Crippen molar-refractivity contribution in [3.8, 4) is 0 Å². The maximum Gasteiger partial charge on any atom is 0.295 e. The standard InChI is InChI=1S/C26H29BrN4O3/c1-4-29(5-2)13-9-15-31-23(18-10-8-11-19(27)16-18)21(25(33)26(31)34)24(32)22-17(3)28-20-12-6-7-14-30(20)22/h6-8,10-12,14,16,23,32H,4-5,9,13,15H2,1-3H3/b24-21+. The van der Waals surface area contributed by atoms with Gasteiger partial charge in [0.1, 0.15) is 5.65 Å². The highest BCUT2D eigenvalue weighted by Gasteiger charge is 2.44. The fraction of sp³-hybridized carbons (Fsp3) is 0.346. The van der Waals surface area contributed by atoms with Crippen LogP contribution in [-0.4, -0.2) is 52.2 Å². The van der Waals surface area contributed by atoms with Gasteiger partial charge in [-0.3, -0.25) is 9.59 Å². The summed E-state index contributed by atoms with van der Waals surface area (Å²) in [5.74, 6) is -1.79. The number of nitrogens with one attached hydrogen (secondary N) is 1. The molecule has 1 unspecified atom stereocenters. The van der Waals surface area contributed by atoms with Crippen molar-refractivity contribution in [2.75, 3.05) is 26.2 Å². The molecule has 1 saturated heterocycles. The minimum Gasteiger partial charge on any atom is -0.871 e. The molecule has 1 fully saturated rings. The Hall–Kier alpha value is -2.97. The van der Waals surface area contributed by atoms with Crippen LogP contribution >= 0.6 is 15.9 Å². The third-order valence-corrected chi connectivity index (χ3v) is 7.04. The highest BCUT2D eigenvalue weighted by atomic mass is 79.9. The Morgan fingerprint density at radius 1 is 1.15 bits per heavy atom. The first-order valence-corrected chi connectivity index (χ1v) is 12.5. The molecule has 1 amide bonds. The summed E-state index contributed by atoms with van der Waals surface area (Å²) in [5, 5.41) is 13.9. The number of likely N-dealkylation sites (tertiary alicyclic amines) is 1. The normalized spacial score (nSPS) is 17.9. The molecule has 3 heterocycles. The fourth-order valence-electron chi connectivity index (χ4n) is 4.74. The maximum atomic E-state index is 13.9. The molecular formula is C26H29BrN4O3. The second-order valence-corrected chi connectivity index (χ2v) is 9.48. The first-order chi connectivity index (χ1) is 16.4. The molecule has 1 aromatic carbocycles. The number of aromatic nitrogens is 2. The van der Waals surface area contributed by atoms with E-state index in [2.05, 4.69) is 34.8 Å². The SMILES string of the molecule is CC[NH+](CC)CCCN1C(=O)C(=O)/C(=C(/[O-])c2c(C)nc3ccccn23)C1c1cccc(Br)c1. The van der Waals surface area contributed by atoms with Crippen LogP contribution in [-0.2, 0) is 9.59 Å². The molecule has 1 aliphatic rings. The zero-order valence-corrected chi connectivity index (χ0v) is 21.3. The first-order valence-electron chi connectivity index (χ1n) is 11.7. The number of rotatable bonds is 8. The molecule has 1 aliphatic heterocycles. The summed E-state index contributed by atoms with van der Waals surface area (Å²) in [6.07, 6.45) is 2.50. The monoisotopic (exact) mass is 524 g/mol. The number of carbonyl (C=O) groups is 2. The molecule has 0 saturated carbocycles. The van der Waals surface area contributed by atoms with Crippen molar-refractivity contribution >= 4 is 39.0 Å². The van der Waals surface area contributed by atoms with E-state index in [0.717, 1.165) is 36.1 Å². The van der Waals surface area contributed by atoms with Crippen molar-refractivity contribution < 1.29 is 19.6 Å². The van der Waals surface area contributed by atoms with Crippen molar-refractivity contribution in [3.05, 3.63) is 75.7 Å². The number of hydrogen-bond donors (Lipinski definition) is 1. The number of aryl methyl sites for hydroxylation is 1. The van der Waals surface area contributed by atoms with Gasteiger partial charge >= 0.3 is 0 Å². The van der Waals surface area contributed by atoms with Crippen LogP contribution in [0.1, 0.15) is 43.3 Å². The number of Topliss-reactive ketones (excluding diaryl/α,β-unsaturated/α-hetero) is 1. The zero-order chi connectivity index (χ0) is 24.4. The van der Waals surface area contributed by atoms with Gasteiger partial charge in [-0.05, 0) is 50.6 Å². The number of hydrogen-bond acceptors (Lipinski definition) is 4. The summed E-state index contributed by atoms with van der Waals surface area (Å²) >= 11 is 3.49. The van der Waals surface area contributed by atoms with E-state index in [9.17, 15) is 14.7 Å². The van der Waals surface area contributed by atoms with E-state index in [1.807, 2.05) is 42.5 Å². The van der Waals surface area contributed by atoms with Crippen LogP contribution in [0.25, 0.3) is 11.4 Å². The molecule has 0 aliphatic carbocycles. The molecule has 3 aromatic rings. The largest absolute Gasteiger partial charge is 0.871 e. The summed E-state index contributed by atoms with van der Waals surface area (Å²) < 4.78 is 2.51. The Morgan fingerprint density at radius 3 is 2.62 bits per heavy atom. The Morgan fingerprint density at radius 2 is 1.91 bits per heavy atom. The van der Waals surface area contributed by atoms with Crippen molar-refractivity contribution in [3.63, 3.8) is 0 Å². The van der Waals surface area contributed by atoms with Gasteiger partial charge < -0.3 is 19.3 Å². The Balaban J connectivity index is 1.82. The highest BCUT2D eigenvalue weighted by molar-refractivity contribution is 9.10. The van der Waals surface area contributed by atoms with E-state index in [1.165, 1.54) is 4.90 Å². The summed E-state index contributed by atoms with van der Waals surface area (Å²) in [6.45, 7) is 9.33. The summed E-state index contributed by atoms with van der Waals surface area (Å²) in [5.41, 5.74) is 2.20. The molecule has 8 heteroatoms. The van der Waals surface area contributed by atoms with Crippen LogP contribution in [0.2, 0.25) is 0 Å². The molecule has 7 nitrogen and oxygen atoms in total. The molecular weight excluding hydrogens is 496 g/mol. The Labute approximate surface area is 207 Å².